The Kier molecular flexibility index (Phi) is 10.1. The molecule has 2 aromatic carbocycles. The summed E-state index contributed by atoms with van der Waals surface area (Å²) in [7, 11) is 0. The minimum atomic E-state index is -1.38. The lowest BCUT2D eigenvalue weighted by molar-refractivity contribution is -0.132. The molecule has 0 radical (unpaired) electrons. The number of ether oxygens (including phenoxy) is 1. The first-order chi connectivity index (χ1) is 20.8. The van der Waals surface area contributed by atoms with E-state index in [0.717, 1.165) is 24.0 Å². The van der Waals surface area contributed by atoms with Crippen molar-refractivity contribution in [2.24, 2.45) is 0 Å². The van der Waals surface area contributed by atoms with E-state index in [0.29, 0.717) is 13.1 Å². The number of amides is 4. The number of carbonyl (C=O) groups excluding carboxylic acids is 4. The maximum atomic E-state index is 13.6. The van der Waals surface area contributed by atoms with Crippen LogP contribution in [-0.2, 0) is 25.5 Å². The molecular formula is C33H42N6O5. The quantitative estimate of drug-likeness (QED) is 0.320. The number of carbonyl (C=O) groups is 4. The molecule has 0 spiro atoms. The maximum Gasteiger partial charge on any atom is 0.408 e. The van der Waals surface area contributed by atoms with Gasteiger partial charge in [0.15, 0.2) is 5.82 Å². The van der Waals surface area contributed by atoms with E-state index < -0.39 is 41.1 Å². The SMILES string of the molecule is CC(C)(C)OC(=O)NC(C)(C)C(=O)NC(Cc1ccccc1)C(=O)Nc1cn(C(C(=O)N2CCCC2)c2ccccc2)cn1. The number of benzene rings is 2. The zero-order valence-electron chi connectivity index (χ0n) is 26.0. The number of aromatic nitrogens is 2. The number of nitrogens with zero attached hydrogens (tertiary/aromatic N) is 3. The first-order valence-corrected chi connectivity index (χ1v) is 14.9. The Bertz CT molecular complexity index is 1440. The van der Waals surface area contributed by atoms with E-state index in [4.69, 9.17) is 4.74 Å². The number of anilines is 1. The van der Waals surface area contributed by atoms with Crippen molar-refractivity contribution in [2.45, 2.75) is 77.1 Å². The van der Waals surface area contributed by atoms with Gasteiger partial charge in [-0.3, -0.25) is 14.4 Å². The van der Waals surface area contributed by atoms with Gasteiger partial charge < -0.3 is 30.2 Å². The molecular weight excluding hydrogens is 560 g/mol. The lowest BCUT2D eigenvalue weighted by Gasteiger charge is -2.29. The highest BCUT2D eigenvalue weighted by molar-refractivity contribution is 5.98. The summed E-state index contributed by atoms with van der Waals surface area (Å²) in [6.45, 7) is 9.67. The topological polar surface area (TPSA) is 135 Å². The Balaban J connectivity index is 1.52. The molecule has 4 rings (SSSR count). The second-order valence-corrected chi connectivity index (χ2v) is 12.5. The van der Waals surface area contributed by atoms with Crippen LogP contribution in [0.4, 0.5) is 10.6 Å². The van der Waals surface area contributed by atoms with Crippen molar-refractivity contribution < 1.29 is 23.9 Å². The largest absolute Gasteiger partial charge is 0.444 e. The molecule has 2 unspecified atom stereocenters. The summed E-state index contributed by atoms with van der Waals surface area (Å²) in [6.07, 6.45) is 4.54. The van der Waals surface area contributed by atoms with Crippen molar-refractivity contribution in [3.05, 3.63) is 84.3 Å². The molecule has 1 aliphatic heterocycles. The van der Waals surface area contributed by atoms with Gasteiger partial charge in [-0.1, -0.05) is 60.7 Å². The Morgan fingerprint density at radius 2 is 1.52 bits per heavy atom. The van der Waals surface area contributed by atoms with Gasteiger partial charge in [0.05, 0.1) is 6.33 Å². The third-order valence-electron chi connectivity index (χ3n) is 7.20. The minimum absolute atomic E-state index is 0.0297. The fourth-order valence-electron chi connectivity index (χ4n) is 4.96. The summed E-state index contributed by atoms with van der Waals surface area (Å²) in [5, 5.41) is 8.17. The van der Waals surface area contributed by atoms with Gasteiger partial charge in [0.1, 0.15) is 23.2 Å². The number of rotatable bonds is 10. The summed E-state index contributed by atoms with van der Waals surface area (Å²) < 4.78 is 7.01. The van der Waals surface area contributed by atoms with Crippen molar-refractivity contribution in [1.29, 1.82) is 0 Å². The summed E-state index contributed by atoms with van der Waals surface area (Å²) in [5.74, 6) is -0.852. The molecule has 3 aromatic rings. The Hall–Kier alpha value is -4.67. The molecule has 3 N–H and O–H groups in total. The molecule has 0 bridgehead atoms. The van der Waals surface area contributed by atoms with E-state index in [-0.39, 0.29) is 18.1 Å². The molecule has 44 heavy (non-hydrogen) atoms. The van der Waals surface area contributed by atoms with E-state index in [1.165, 1.54) is 20.2 Å². The highest BCUT2D eigenvalue weighted by Crippen LogP contribution is 2.25. The Morgan fingerprint density at radius 3 is 2.14 bits per heavy atom. The molecule has 2 heterocycles. The van der Waals surface area contributed by atoms with Crippen LogP contribution in [-0.4, -0.2) is 68.5 Å². The fourth-order valence-corrected chi connectivity index (χ4v) is 4.96. The number of hydrogen-bond donors (Lipinski definition) is 3. The second kappa shape index (κ2) is 13.7. The zero-order chi connectivity index (χ0) is 31.9. The average molecular weight is 603 g/mol. The molecule has 1 fully saturated rings. The summed E-state index contributed by atoms with van der Waals surface area (Å²) in [6, 6.07) is 17.1. The van der Waals surface area contributed by atoms with Crippen LogP contribution in [0.2, 0.25) is 0 Å². The van der Waals surface area contributed by atoms with Gasteiger partial charge in [-0.05, 0) is 58.6 Å². The number of likely N-dealkylation sites (tertiary alicyclic amines) is 1. The average Bonchev–Trinajstić information content (AvgIpc) is 3.65. The van der Waals surface area contributed by atoms with Crippen LogP contribution in [0.25, 0.3) is 0 Å². The predicted octanol–water partition coefficient (Wildman–Crippen LogP) is 4.06. The van der Waals surface area contributed by atoms with E-state index in [1.54, 1.807) is 31.5 Å². The lowest BCUT2D eigenvalue weighted by Crippen LogP contribution is -2.59. The highest BCUT2D eigenvalue weighted by Gasteiger charge is 2.35. The lowest BCUT2D eigenvalue weighted by atomic mass is 10.0. The van der Waals surface area contributed by atoms with Crippen LogP contribution in [0.5, 0.6) is 0 Å². The summed E-state index contributed by atoms with van der Waals surface area (Å²) in [4.78, 5) is 59.2. The number of alkyl carbamates (subject to hydrolysis) is 1. The summed E-state index contributed by atoms with van der Waals surface area (Å²) in [5.41, 5.74) is -0.475. The second-order valence-electron chi connectivity index (χ2n) is 12.5. The third kappa shape index (κ3) is 8.68. The van der Waals surface area contributed by atoms with Gasteiger partial charge in [-0.2, -0.15) is 0 Å². The van der Waals surface area contributed by atoms with Gasteiger partial charge in [-0.25, -0.2) is 9.78 Å². The smallest absolute Gasteiger partial charge is 0.408 e. The van der Waals surface area contributed by atoms with E-state index in [2.05, 4.69) is 20.9 Å². The molecule has 234 valence electrons. The van der Waals surface area contributed by atoms with Crippen molar-refractivity contribution in [2.75, 3.05) is 18.4 Å². The van der Waals surface area contributed by atoms with Gasteiger partial charge in [0.25, 0.3) is 0 Å². The maximum absolute atomic E-state index is 13.6. The predicted molar refractivity (Wildman–Crippen MR) is 167 cm³/mol. The van der Waals surface area contributed by atoms with Crippen LogP contribution in [0, 0.1) is 0 Å². The number of imidazole rings is 1. The van der Waals surface area contributed by atoms with Crippen molar-refractivity contribution >= 4 is 29.6 Å². The third-order valence-corrected chi connectivity index (χ3v) is 7.20. The monoisotopic (exact) mass is 602 g/mol. The molecule has 0 aliphatic carbocycles. The van der Waals surface area contributed by atoms with E-state index in [1.807, 2.05) is 65.6 Å². The normalized spacial score (nSPS) is 14.8. The minimum Gasteiger partial charge on any atom is -0.444 e. The van der Waals surface area contributed by atoms with Gasteiger partial charge in [-0.15, -0.1) is 0 Å². The standard InChI is InChI=1S/C33H42N6O5/c1-32(2,3)44-31(43)37-33(4,5)30(42)35-25(20-23-14-8-6-9-15-23)28(40)36-26-21-39(22-34-26)27(24-16-10-7-11-17-24)29(41)38-18-12-13-19-38/h6-11,14-17,21-22,25,27H,12-13,18-20H2,1-5H3,(H,35,42)(H,36,40)(H,37,43). The van der Waals surface area contributed by atoms with Crippen LogP contribution >= 0.6 is 0 Å². The molecule has 1 aliphatic rings. The first-order valence-electron chi connectivity index (χ1n) is 14.9. The van der Waals surface area contributed by atoms with Gasteiger partial charge >= 0.3 is 6.09 Å². The van der Waals surface area contributed by atoms with Gasteiger partial charge in [0, 0.05) is 25.7 Å². The van der Waals surface area contributed by atoms with Crippen molar-refractivity contribution in [1.82, 2.24) is 25.1 Å². The number of nitrogens with one attached hydrogen (secondary N) is 3. The molecule has 1 saturated heterocycles. The molecule has 11 heteroatoms. The molecule has 1 aromatic heterocycles. The summed E-state index contributed by atoms with van der Waals surface area (Å²) >= 11 is 0. The Labute approximate surface area is 258 Å². The molecule has 11 nitrogen and oxygen atoms in total. The van der Waals surface area contributed by atoms with Crippen molar-refractivity contribution in [3.8, 4) is 0 Å². The van der Waals surface area contributed by atoms with Crippen LogP contribution < -0.4 is 16.0 Å². The molecule has 2 atom stereocenters. The Morgan fingerprint density at radius 1 is 0.909 bits per heavy atom. The fraction of sp³-hybridized carbons (Fsp3) is 0.424. The molecule has 4 amide bonds. The van der Waals surface area contributed by atoms with Crippen LogP contribution in [0.3, 0.4) is 0 Å². The van der Waals surface area contributed by atoms with E-state index >= 15 is 0 Å². The zero-order valence-corrected chi connectivity index (χ0v) is 26.0. The highest BCUT2D eigenvalue weighted by atomic mass is 16.6. The van der Waals surface area contributed by atoms with Crippen molar-refractivity contribution in [3.63, 3.8) is 0 Å². The first kappa shape index (κ1) is 32.2. The van der Waals surface area contributed by atoms with Crippen LogP contribution in [0.15, 0.2) is 73.2 Å². The molecule has 0 saturated carbocycles. The number of hydrogen-bond acceptors (Lipinski definition) is 6. The van der Waals surface area contributed by atoms with Crippen LogP contribution in [0.1, 0.15) is 64.6 Å². The van der Waals surface area contributed by atoms with E-state index in [9.17, 15) is 19.2 Å². The van der Waals surface area contributed by atoms with Gasteiger partial charge in [0.2, 0.25) is 17.7 Å².